The molecule has 0 heterocycles. The van der Waals surface area contributed by atoms with Gasteiger partial charge in [-0.15, -0.1) is 5.10 Å². The first-order valence-electron chi connectivity index (χ1n) is 6.95. The first kappa shape index (κ1) is 15.4. The molecule has 0 spiro atoms. The highest BCUT2D eigenvalue weighted by molar-refractivity contribution is 6.00. The molecule has 0 aromatic heterocycles. The van der Waals surface area contributed by atoms with E-state index in [4.69, 9.17) is 5.73 Å². The van der Waals surface area contributed by atoms with Gasteiger partial charge in [0, 0.05) is 0 Å². The van der Waals surface area contributed by atoms with E-state index in [9.17, 15) is 0 Å². The number of guanidine groups is 1. The Kier molecular flexibility index (Phi) is 5.43. The Morgan fingerprint density at radius 1 is 0.773 bits per heavy atom. The van der Waals surface area contributed by atoms with Crippen LogP contribution in [-0.2, 0) is 0 Å². The Labute approximate surface area is 130 Å². The van der Waals surface area contributed by atoms with E-state index in [1.807, 2.05) is 74.5 Å². The topological polar surface area (TPSA) is 75.1 Å². The number of hydrogen-bond donors (Lipinski definition) is 2. The lowest BCUT2D eigenvalue weighted by Gasteiger charge is -2.02. The Hall–Kier alpha value is -2.95. The molecule has 0 saturated carbocycles. The third-order valence-corrected chi connectivity index (χ3v) is 3.03. The van der Waals surface area contributed by atoms with Gasteiger partial charge >= 0.3 is 0 Å². The molecular weight excluding hydrogens is 274 g/mol. The van der Waals surface area contributed by atoms with Gasteiger partial charge in [0.2, 0.25) is 5.96 Å². The van der Waals surface area contributed by atoms with Gasteiger partial charge in [0.05, 0.1) is 11.4 Å². The first-order valence-corrected chi connectivity index (χ1v) is 6.95. The van der Waals surface area contributed by atoms with Crippen molar-refractivity contribution in [2.45, 2.75) is 13.8 Å². The SMILES string of the molecule is C/C(=N\N=C(N)N/N=C(\C)c1ccccc1)c1ccccc1. The van der Waals surface area contributed by atoms with Crippen molar-refractivity contribution in [3.05, 3.63) is 71.8 Å². The van der Waals surface area contributed by atoms with E-state index in [-0.39, 0.29) is 5.96 Å². The van der Waals surface area contributed by atoms with E-state index in [1.54, 1.807) is 0 Å². The fourth-order valence-electron chi connectivity index (χ4n) is 1.77. The molecule has 3 N–H and O–H groups in total. The van der Waals surface area contributed by atoms with Gasteiger partial charge in [0.1, 0.15) is 0 Å². The summed E-state index contributed by atoms with van der Waals surface area (Å²) in [5, 5.41) is 12.2. The quantitative estimate of drug-likeness (QED) is 0.516. The molecule has 0 fully saturated rings. The Morgan fingerprint density at radius 2 is 1.27 bits per heavy atom. The molecule has 0 radical (unpaired) electrons. The molecule has 0 aliphatic heterocycles. The highest BCUT2D eigenvalue weighted by Crippen LogP contribution is 2.01. The monoisotopic (exact) mass is 293 g/mol. The number of hydrazone groups is 1. The van der Waals surface area contributed by atoms with Crippen LogP contribution in [0.1, 0.15) is 25.0 Å². The van der Waals surface area contributed by atoms with Gasteiger partial charge in [-0.3, -0.25) is 0 Å². The summed E-state index contributed by atoms with van der Waals surface area (Å²) in [6.07, 6.45) is 0. The van der Waals surface area contributed by atoms with Gasteiger partial charge in [-0.05, 0) is 25.0 Å². The van der Waals surface area contributed by atoms with Gasteiger partial charge in [0.25, 0.3) is 0 Å². The van der Waals surface area contributed by atoms with E-state index < -0.39 is 0 Å². The standard InChI is InChI=1S/C17H19N5/c1-13(15-9-5-3-6-10-15)19-21-17(18)22-20-14(2)16-11-7-4-8-12-16/h3-12H,1-2H3,(H3,18,21,22)/b19-13+,20-14+. The zero-order valence-corrected chi connectivity index (χ0v) is 12.7. The summed E-state index contributed by atoms with van der Waals surface area (Å²) in [5.41, 5.74) is 12.1. The van der Waals surface area contributed by atoms with Gasteiger partial charge in [-0.1, -0.05) is 60.7 Å². The second-order valence-corrected chi connectivity index (χ2v) is 4.71. The van der Waals surface area contributed by atoms with Gasteiger partial charge < -0.3 is 5.73 Å². The van der Waals surface area contributed by atoms with Crippen LogP contribution in [0.2, 0.25) is 0 Å². The fourth-order valence-corrected chi connectivity index (χ4v) is 1.77. The molecule has 0 aliphatic carbocycles. The Bertz CT molecular complexity index is 688. The highest BCUT2D eigenvalue weighted by atomic mass is 15.4. The summed E-state index contributed by atoms with van der Waals surface area (Å²) in [5.74, 6) is 0.144. The van der Waals surface area contributed by atoms with Gasteiger partial charge in [0.15, 0.2) is 0 Å². The minimum atomic E-state index is 0.144. The smallest absolute Gasteiger partial charge is 0.234 e. The lowest BCUT2D eigenvalue weighted by atomic mass is 10.1. The summed E-state index contributed by atoms with van der Waals surface area (Å²) in [6, 6.07) is 19.6. The third-order valence-electron chi connectivity index (χ3n) is 3.03. The maximum Gasteiger partial charge on any atom is 0.234 e. The molecule has 0 aliphatic rings. The van der Waals surface area contributed by atoms with Crippen LogP contribution in [0, 0.1) is 0 Å². The Morgan fingerprint density at radius 3 is 1.82 bits per heavy atom. The molecular formula is C17H19N5. The molecule has 0 amide bonds. The van der Waals surface area contributed by atoms with Crippen LogP contribution in [0.5, 0.6) is 0 Å². The van der Waals surface area contributed by atoms with Gasteiger partial charge in [-0.25, -0.2) is 5.43 Å². The maximum atomic E-state index is 5.75. The molecule has 0 bridgehead atoms. The highest BCUT2D eigenvalue weighted by Gasteiger charge is 1.97. The molecule has 0 saturated heterocycles. The fraction of sp³-hybridized carbons (Fsp3) is 0.118. The van der Waals surface area contributed by atoms with Crippen LogP contribution < -0.4 is 11.2 Å². The summed E-state index contributed by atoms with van der Waals surface area (Å²) < 4.78 is 0. The number of nitrogens with two attached hydrogens (primary N) is 1. The van der Waals surface area contributed by atoms with Crippen molar-refractivity contribution in [3.63, 3.8) is 0 Å². The van der Waals surface area contributed by atoms with Crippen LogP contribution in [-0.4, -0.2) is 17.4 Å². The van der Waals surface area contributed by atoms with Crippen LogP contribution in [0.3, 0.4) is 0 Å². The molecule has 0 atom stereocenters. The van der Waals surface area contributed by atoms with E-state index >= 15 is 0 Å². The molecule has 22 heavy (non-hydrogen) atoms. The second-order valence-electron chi connectivity index (χ2n) is 4.71. The summed E-state index contributed by atoms with van der Waals surface area (Å²) in [6.45, 7) is 3.78. The van der Waals surface area contributed by atoms with Crippen molar-refractivity contribution in [2.75, 3.05) is 0 Å². The second kappa shape index (κ2) is 7.73. The van der Waals surface area contributed by atoms with Crippen molar-refractivity contribution >= 4 is 17.4 Å². The van der Waals surface area contributed by atoms with Crippen LogP contribution in [0.15, 0.2) is 76.0 Å². The average Bonchev–Trinajstić information content (AvgIpc) is 2.59. The van der Waals surface area contributed by atoms with Crippen LogP contribution >= 0.6 is 0 Å². The zero-order valence-electron chi connectivity index (χ0n) is 12.7. The predicted molar refractivity (Wildman–Crippen MR) is 92.1 cm³/mol. The van der Waals surface area contributed by atoms with E-state index in [0.29, 0.717) is 0 Å². The number of hydrogen-bond acceptors (Lipinski definition) is 3. The maximum absolute atomic E-state index is 5.75. The van der Waals surface area contributed by atoms with E-state index in [1.165, 1.54) is 0 Å². The average molecular weight is 293 g/mol. The van der Waals surface area contributed by atoms with Gasteiger partial charge in [-0.2, -0.15) is 10.2 Å². The molecule has 5 heteroatoms. The molecule has 2 aromatic rings. The summed E-state index contributed by atoms with van der Waals surface area (Å²) >= 11 is 0. The van der Waals surface area contributed by atoms with E-state index in [2.05, 4.69) is 20.7 Å². The normalized spacial score (nSPS) is 13.1. The Balaban J connectivity index is 2.01. The van der Waals surface area contributed by atoms with Crippen LogP contribution in [0.25, 0.3) is 0 Å². The number of nitrogens with zero attached hydrogens (tertiary/aromatic N) is 3. The summed E-state index contributed by atoms with van der Waals surface area (Å²) in [4.78, 5) is 0. The van der Waals surface area contributed by atoms with Crippen molar-refractivity contribution in [3.8, 4) is 0 Å². The zero-order chi connectivity index (χ0) is 15.8. The minimum absolute atomic E-state index is 0.144. The van der Waals surface area contributed by atoms with Crippen molar-refractivity contribution in [2.24, 2.45) is 21.0 Å². The molecule has 5 nitrogen and oxygen atoms in total. The largest absolute Gasteiger partial charge is 0.367 e. The number of nitrogens with one attached hydrogen (secondary N) is 1. The number of benzene rings is 2. The third kappa shape index (κ3) is 4.56. The van der Waals surface area contributed by atoms with Crippen molar-refractivity contribution < 1.29 is 0 Å². The molecule has 2 rings (SSSR count). The van der Waals surface area contributed by atoms with E-state index in [0.717, 1.165) is 22.6 Å². The lowest BCUT2D eigenvalue weighted by Crippen LogP contribution is -2.27. The van der Waals surface area contributed by atoms with Crippen LogP contribution in [0.4, 0.5) is 0 Å². The first-order chi connectivity index (χ1) is 10.7. The lowest BCUT2D eigenvalue weighted by molar-refractivity contribution is 0.983. The van der Waals surface area contributed by atoms with Crippen molar-refractivity contribution in [1.82, 2.24) is 5.43 Å². The summed E-state index contributed by atoms with van der Waals surface area (Å²) in [7, 11) is 0. The molecule has 112 valence electrons. The predicted octanol–water partition coefficient (Wildman–Crippen LogP) is 2.74. The minimum Gasteiger partial charge on any atom is -0.367 e. The molecule has 2 aromatic carbocycles. The molecule has 0 unspecified atom stereocenters. The van der Waals surface area contributed by atoms with Crippen molar-refractivity contribution in [1.29, 1.82) is 0 Å². The number of rotatable bonds is 4.